The first-order chi connectivity index (χ1) is 11.0. The molecule has 2 aromatic rings. The Morgan fingerprint density at radius 1 is 1.17 bits per heavy atom. The maximum Gasteiger partial charge on any atom is 0.219 e. The summed E-state index contributed by atoms with van der Waals surface area (Å²) in [5.74, 6) is 1.87. The summed E-state index contributed by atoms with van der Waals surface area (Å²) in [7, 11) is -1.63. The summed E-state index contributed by atoms with van der Waals surface area (Å²) in [6.07, 6.45) is 2.17. The Bertz CT molecular complexity index is 730. The van der Waals surface area contributed by atoms with Gasteiger partial charge >= 0.3 is 0 Å². The van der Waals surface area contributed by atoms with Crippen LogP contribution >= 0.6 is 0 Å². The van der Waals surface area contributed by atoms with Gasteiger partial charge in [-0.15, -0.1) is 0 Å². The summed E-state index contributed by atoms with van der Waals surface area (Å²) in [6.45, 7) is 2.04. The minimum absolute atomic E-state index is 0.122. The van der Waals surface area contributed by atoms with E-state index in [0.717, 1.165) is 5.56 Å². The molecule has 1 N–H and O–H groups in total. The van der Waals surface area contributed by atoms with Crippen LogP contribution in [0.15, 0.2) is 42.6 Å². The fourth-order valence-electron chi connectivity index (χ4n) is 1.90. The van der Waals surface area contributed by atoms with Crippen LogP contribution < -0.4 is 14.2 Å². The fourth-order valence-corrected chi connectivity index (χ4v) is 2.96. The molecule has 2 rings (SSSR count). The van der Waals surface area contributed by atoms with Crippen molar-refractivity contribution in [2.75, 3.05) is 12.9 Å². The Hall–Kier alpha value is -2.12. The molecule has 0 radical (unpaired) electrons. The zero-order valence-corrected chi connectivity index (χ0v) is 14.0. The van der Waals surface area contributed by atoms with E-state index >= 15 is 0 Å². The summed E-state index contributed by atoms with van der Waals surface area (Å²) < 4.78 is 36.5. The first-order valence-corrected chi connectivity index (χ1v) is 8.92. The Labute approximate surface area is 136 Å². The van der Waals surface area contributed by atoms with Gasteiger partial charge in [-0.2, -0.15) is 0 Å². The topological polar surface area (TPSA) is 77.5 Å². The molecule has 0 amide bonds. The minimum Gasteiger partial charge on any atom is -0.497 e. The van der Waals surface area contributed by atoms with Crippen molar-refractivity contribution in [1.29, 1.82) is 0 Å². The molecule has 0 bridgehead atoms. The smallest absolute Gasteiger partial charge is 0.219 e. The van der Waals surface area contributed by atoms with Crippen molar-refractivity contribution in [3.63, 3.8) is 0 Å². The summed E-state index contributed by atoms with van der Waals surface area (Å²) in [4.78, 5) is 4.18. The first-order valence-electron chi connectivity index (χ1n) is 7.26. The molecule has 0 spiro atoms. The third-order valence-electron chi connectivity index (χ3n) is 3.03. The molecule has 0 unspecified atom stereocenters. The molecular formula is C16H20N2O4S. The highest BCUT2D eigenvalue weighted by atomic mass is 32.2. The van der Waals surface area contributed by atoms with Crippen LogP contribution in [0.1, 0.15) is 18.9 Å². The summed E-state index contributed by atoms with van der Waals surface area (Å²) in [5, 5.41) is 0. The van der Waals surface area contributed by atoms with Gasteiger partial charge in [0.25, 0.3) is 0 Å². The molecule has 7 heteroatoms. The first kappa shape index (κ1) is 17.2. The van der Waals surface area contributed by atoms with Crippen molar-refractivity contribution in [2.24, 2.45) is 0 Å². The molecule has 0 aliphatic rings. The van der Waals surface area contributed by atoms with Crippen LogP contribution in [-0.2, 0) is 16.6 Å². The fraction of sp³-hybridized carbons (Fsp3) is 0.312. The molecule has 0 fully saturated rings. The van der Waals surface area contributed by atoms with Gasteiger partial charge in [-0.05, 0) is 24.1 Å². The van der Waals surface area contributed by atoms with Gasteiger partial charge in [0.05, 0.1) is 12.9 Å². The standard InChI is InChI=1S/C16H20N2O4S/c1-3-9-23(19,20)18-12-13-7-8-16(17-11-13)22-15-6-4-5-14(10-15)21-2/h4-8,10-11,18H,3,9,12H2,1-2H3. The second-order valence-electron chi connectivity index (χ2n) is 4.93. The maximum atomic E-state index is 11.6. The Morgan fingerprint density at radius 2 is 1.96 bits per heavy atom. The van der Waals surface area contributed by atoms with Crippen molar-refractivity contribution in [1.82, 2.24) is 9.71 Å². The average molecular weight is 336 g/mol. The van der Waals surface area contributed by atoms with Crippen LogP contribution in [-0.4, -0.2) is 26.3 Å². The Balaban J connectivity index is 1.96. The number of pyridine rings is 1. The van der Waals surface area contributed by atoms with Crippen molar-refractivity contribution in [3.8, 4) is 17.4 Å². The molecule has 23 heavy (non-hydrogen) atoms. The Kier molecular flexibility index (Phi) is 5.95. The molecule has 1 heterocycles. The van der Waals surface area contributed by atoms with E-state index in [1.165, 1.54) is 0 Å². The lowest BCUT2D eigenvalue weighted by molar-refractivity contribution is 0.407. The number of aromatic nitrogens is 1. The molecule has 0 saturated carbocycles. The summed E-state index contributed by atoms with van der Waals surface area (Å²) in [5.41, 5.74) is 0.766. The number of hydrogen-bond donors (Lipinski definition) is 1. The zero-order chi connectivity index (χ0) is 16.7. The van der Waals surface area contributed by atoms with Gasteiger partial charge in [0.1, 0.15) is 11.5 Å². The molecule has 0 aliphatic heterocycles. The second kappa shape index (κ2) is 7.94. The molecule has 0 aliphatic carbocycles. The van der Waals surface area contributed by atoms with Crippen LogP contribution in [0.4, 0.5) is 0 Å². The van der Waals surface area contributed by atoms with Crippen LogP contribution in [0.25, 0.3) is 0 Å². The number of rotatable bonds is 8. The van der Waals surface area contributed by atoms with Crippen LogP contribution in [0, 0.1) is 0 Å². The normalized spacial score (nSPS) is 11.2. The second-order valence-corrected chi connectivity index (χ2v) is 6.85. The molecule has 0 atom stereocenters. The number of nitrogens with one attached hydrogen (secondary N) is 1. The number of sulfonamides is 1. The summed E-state index contributed by atoms with van der Waals surface area (Å²) in [6, 6.07) is 10.7. The SMILES string of the molecule is CCCS(=O)(=O)NCc1ccc(Oc2cccc(OC)c2)nc1. The van der Waals surface area contributed by atoms with Crippen molar-refractivity contribution >= 4 is 10.0 Å². The number of methoxy groups -OCH3 is 1. The highest BCUT2D eigenvalue weighted by molar-refractivity contribution is 7.89. The molecule has 6 nitrogen and oxygen atoms in total. The van der Waals surface area contributed by atoms with Gasteiger partial charge in [0.2, 0.25) is 15.9 Å². The molecule has 1 aromatic carbocycles. The predicted octanol–water partition coefficient (Wildman–Crippen LogP) is 2.71. The van der Waals surface area contributed by atoms with Gasteiger partial charge < -0.3 is 9.47 Å². The molecule has 124 valence electrons. The number of ether oxygens (including phenoxy) is 2. The average Bonchev–Trinajstić information content (AvgIpc) is 2.54. The highest BCUT2D eigenvalue weighted by Crippen LogP contribution is 2.23. The van der Waals surface area contributed by atoms with Crippen molar-refractivity contribution < 1.29 is 17.9 Å². The highest BCUT2D eigenvalue weighted by Gasteiger charge is 2.08. The van der Waals surface area contributed by atoms with E-state index in [1.54, 1.807) is 37.6 Å². The Morgan fingerprint density at radius 3 is 2.61 bits per heavy atom. The van der Waals surface area contributed by atoms with E-state index < -0.39 is 10.0 Å². The number of benzene rings is 1. The number of hydrogen-bond acceptors (Lipinski definition) is 5. The van der Waals surface area contributed by atoms with E-state index in [-0.39, 0.29) is 12.3 Å². The predicted molar refractivity (Wildman–Crippen MR) is 88.2 cm³/mol. The monoisotopic (exact) mass is 336 g/mol. The molecule has 1 aromatic heterocycles. The minimum atomic E-state index is -3.22. The largest absolute Gasteiger partial charge is 0.497 e. The summed E-state index contributed by atoms with van der Waals surface area (Å²) >= 11 is 0. The van der Waals surface area contributed by atoms with Gasteiger partial charge in [0, 0.05) is 24.9 Å². The molecular weight excluding hydrogens is 316 g/mol. The van der Waals surface area contributed by atoms with Gasteiger partial charge in [-0.1, -0.05) is 19.1 Å². The van der Waals surface area contributed by atoms with Crippen molar-refractivity contribution in [3.05, 3.63) is 48.2 Å². The lowest BCUT2D eigenvalue weighted by atomic mass is 10.3. The van der Waals surface area contributed by atoms with E-state index in [1.807, 2.05) is 19.1 Å². The van der Waals surface area contributed by atoms with Crippen LogP contribution in [0.2, 0.25) is 0 Å². The lowest BCUT2D eigenvalue weighted by Crippen LogP contribution is -2.25. The van der Waals surface area contributed by atoms with Crippen LogP contribution in [0.5, 0.6) is 17.4 Å². The van der Waals surface area contributed by atoms with E-state index in [2.05, 4.69) is 9.71 Å². The van der Waals surface area contributed by atoms with E-state index in [9.17, 15) is 8.42 Å². The number of nitrogens with zero attached hydrogens (tertiary/aromatic N) is 1. The molecule has 0 saturated heterocycles. The van der Waals surface area contributed by atoms with Gasteiger partial charge in [-0.3, -0.25) is 0 Å². The maximum absolute atomic E-state index is 11.6. The zero-order valence-electron chi connectivity index (χ0n) is 13.2. The van der Waals surface area contributed by atoms with Crippen molar-refractivity contribution in [2.45, 2.75) is 19.9 Å². The van der Waals surface area contributed by atoms with E-state index in [0.29, 0.717) is 23.8 Å². The van der Waals surface area contributed by atoms with Crippen LogP contribution in [0.3, 0.4) is 0 Å². The van der Waals surface area contributed by atoms with Gasteiger partial charge in [0.15, 0.2) is 0 Å². The third kappa shape index (κ3) is 5.54. The van der Waals surface area contributed by atoms with E-state index in [4.69, 9.17) is 9.47 Å². The third-order valence-corrected chi connectivity index (χ3v) is 4.56. The quantitative estimate of drug-likeness (QED) is 0.802. The lowest BCUT2D eigenvalue weighted by Gasteiger charge is -2.08. The van der Waals surface area contributed by atoms with Gasteiger partial charge in [-0.25, -0.2) is 18.1 Å².